The van der Waals surface area contributed by atoms with E-state index >= 15 is 0 Å². The second-order valence-electron chi connectivity index (χ2n) is 3.66. The van der Waals surface area contributed by atoms with Crippen LogP contribution in [0.25, 0.3) is 10.7 Å². The topological polar surface area (TPSA) is 77.0 Å². The van der Waals surface area contributed by atoms with Crippen LogP contribution in [-0.2, 0) is 7.05 Å². The minimum absolute atomic E-state index is 0.508. The van der Waals surface area contributed by atoms with Gasteiger partial charge in [0, 0.05) is 7.05 Å². The Morgan fingerprint density at radius 1 is 1.56 bits per heavy atom. The Balaban J connectivity index is 2.36. The smallest absolute Gasteiger partial charge is 0.191 e. The Morgan fingerprint density at radius 3 is 2.88 bits per heavy atom. The fourth-order valence-corrected chi connectivity index (χ4v) is 2.07. The lowest BCUT2D eigenvalue weighted by atomic mass is 10.2. The predicted octanol–water partition coefficient (Wildman–Crippen LogP) is 0.924. The number of rotatable bonds is 3. The van der Waals surface area contributed by atoms with Crippen molar-refractivity contribution in [2.75, 3.05) is 0 Å². The standard InChI is InChI=1S/C10H14N4OS/c1-6(15)8(11)10-12-9(13-14(10)2)7-4-3-5-16-7/h3-6,8,15H,11H2,1-2H3. The average Bonchev–Trinajstić information content (AvgIpc) is 2.84. The molecule has 0 spiro atoms. The van der Waals surface area contributed by atoms with Crippen LogP contribution in [0.1, 0.15) is 18.8 Å². The highest BCUT2D eigenvalue weighted by Gasteiger charge is 2.19. The largest absolute Gasteiger partial charge is 0.391 e. The zero-order valence-corrected chi connectivity index (χ0v) is 9.98. The van der Waals surface area contributed by atoms with Crippen LogP contribution in [0.4, 0.5) is 0 Å². The highest BCUT2D eigenvalue weighted by Crippen LogP contribution is 2.22. The third-order valence-corrected chi connectivity index (χ3v) is 3.22. The average molecular weight is 238 g/mol. The molecule has 16 heavy (non-hydrogen) atoms. The number of hydrogen-bond acceptors (Lipinski definition) is 5. The van der Waals surface area contributed by atoms with Gasteiger partial charge in [-0.2, -0.15) is 5.10 Å². The normalized spacial score (nSPS) is 15.0. The lowest BCUT2D eigenvalue weighted by Gasteiger charge is -2.12. The summed E-state index contributed by atoms with van der Waals surface area (Å²) in [6.45, 7) is 1.64. The molecule has 3 N–H and O–H groups in total. The molecule has 0 amide bonds. The summed E-state index contributed by atoms with van der Waals surface area (Å²) < 4.78 is 1.62. The van der Waals surface area contributed by atoms with Crippen molar-refractivity contribution in [3.8, 4) is 10.7 Å². The highest BCUT2D eigenvalue weighted by atomic mass is 32.1. The number of thiophene rings is 1. The van der Waals surface area contributed by atoms with E-state index in [0.717, 1.165) is 4.88 Å². The number of nitrogens with two attached hydrogens (primary N) is 1. The molecular weight excluding hydrogens is 224 g/mol. The molecule has 5 nitrogen and oxygen atoms in total. The van der Waals surface area contributed by atoms with Gasteiger partial charge in [0.05, 0.1) is 17.0 Å². The van der Waals surface area contributed by atoms with Gasteiger partial charge in [-0.25, -0.2) is 4.98 Å². The Hall–Kier alpha value is -1.24. The van der Waals surface area contributed by atoms with Crippen LogP contribution >= 0.6 is 11.3 Å². The van der Waals surface area contributed by atoms with Gasteiger partial charge in [-0.05, 0) is 18.4 Å². The summed E-state index contributed by atoms with van der Waals surface area (Å²) >= 11 is 1.58. The quantitative estimate of drug-likeness (QED) is 0.833. The van der Waals surface area contributed by atoms with E-state index in [2.05, 4.69) is 10.1 Å². The van der Waals surface area contributed by atoms with Crippen molar-refractivity contribution in [3.63, 3.8) is 0 Å². The Bertz CT molecular complexity index is 463. The van der Waals surface area contributed by atoms with Gasteiger partial charge in [-0.15, -0.1) is 11.3 Å². The lowest BCUT2D eigenvalue weighted by molar-refractivity contribution is 0.158. The Kier molecular flexibility index (Phi) is 3.04. The number of hydrogen-bond donors (Lipinski definition) is 2. The van der Waals surface area contributed by atoms with Crippen LogP contribution in [0, 0.1) is 0 Å². The van der Waals surface area contributed by atoms with E-state index in [1.807, 2.05) is 17.5 Å². The van der Waals surface area contributed by atoms with E-state index in [9.17, 15) is 5.11 Å². The van der Waals surface area contributed by atoms with Gasteiger partial charge in [0.2, 0.25) is 0 Å². The molecule has 0 radical (unpaired) electrons. The molecule has 2 atom stereocenters. The molecule has 2 unspecified atom stereocenters. The zero-order valence-electron chi connectivity index (χ0n) is 9.16. The molecule has 6 heteroatoms. The van der Waals surface area contributed by atoms with E-state index < -0.39 is 12.1 Å². The van der Waals surface area contributed by atoms with Gasteiger partial charge in [0.25, 0.3) is 0 Å². The maximum Gasteiger partial charge on any atom is 0.191 e. The second-order valence-corrected chi connectivity index (χ2v) is 4.61. The molecule has 0 aliphatic heterocycles. The van der Waals surface area contributed by atoms with Crippen molar-refractivity contribution in [2.24, 2.45) is 12.8 Å². The van der Waals surface area contributed by atoms with Crippen LogP contribution in [0.2, 0.25) is 0 Å². The van der Waals surface area contributed by atoms with Crippen molar-refractivity contribution in [3.05, 3.63) is 23.3 Å². The van der Waals surface area contributed by atoms with Crippen molar-refractivity contribution in [1.29, 1.82) is 0 Å². The first-order valence-corrected chi connectivity index (χ1v) is 5.86. The summed E-state index contributed by atoms with van der Waals surface area (Å²) in [6.07, 6.45) is -0.640. The minimum Gasteiger partial charge on any atom is -0.391 e. The molecule has 0 bridgehead atoms. The molecule has 0 aromatic carbocycles. The molecule has 0 aliphatic rings. The fourth-order valence-electron chi connectivity index (χ4n) is 1.41. The number of aromatic nitrogens is 3. The molecule has 0 saturated carbocycles. The first-order chi connectivity index (χ1) is 7.59. The van der Waals surface area contributed by atoms with E-state index in [1.165, 1.54) is 0 Å². The van der Waals surface area contributed by atoms with E-state index in [0.29, 0.717) is 11.6 Å². The highest BCUT2D eigenvalue weighted by molar-refractivity contribution is 7.13. The van der Waals surface area contributed by atoms with Crippen LogP contribution in [0.15, 0.2) is 17.5 Å². The summed E-state index contributed by atoms with van der Waals surface area (Å²) in [4.78, 5) is 5.35. The van der Waals surface area contributed by atoms with Crippen molar-refractivity contribution < 1.29 is 5.11 Å². The van der Waals surface area contributed by atoms with Gasteiger partial charge in [0.15, 0.2) is 5.82 Å². The third kappa shape index (κ3) is 1.99. The molecule has 0 fully saturated rings. The van der Waals surface area contributed by atoms with Crippen LogP contribution in [0.5, 0.6) is 0 Å². The second kappa shape index (κ2) is 4.32. The summed E-state index contributed by atoms with van der Waals surface area (Å²) in [5.74, 6) is 1.25. The lowest BCUT2D eigenvalue weighted by Crippen LogP contribution is -2.26. The summed E-state index contributed by atoms with van der Waals surface area (Å²) in [5, 5.41) is 15.7. The molecule has 86 valence electrons. The van der Waals surface area contributed by atoms with Gasteiger partial charge in [-0.3, -0.25) is 4.68 Å². The van der Waals surface area contributed by atoms with Crippen LogP contribution < -0.4 is 5.73 Å². The van der Waals surface area contributed by atoms with E-state index in [-0.39, 0.29) is 0 Å². The fraction of sp³-hybridized carbons (Fsp3) is 0.400. The predicted molar refractivity (Wildman–Crippen MR) is 62.9 cm³/mol. The zero-order chi connectivity index (χ0) is 11.7. The molecule has 2 rings (SSSR count). The van der Waals surface area contributed by atoms with Gasteiger partial charge < -0.3 is 10.8 Å². The molecule has 2 heterocycles. The summed E-state index contributed by atoms with van der Waals surface area (Å²) in [6, 6.07) is 3.40. The van der Waals surface area contributed by atoms with Crippen LogP contribution in [0.3, 0.4) is 0 Å². The minimum atomic E-state index is -0.640. The first-order valence-electron chi connectivity index (χ1n) is 4.98. The molecule has 2 aromatic heterocycles. The van der Waals surface area contributed by atoms with Crippen molar-refractivity contribution in [1.82, 2.24) is 14.8 Å². The van der Waals surface area contributed by atoms with Crippen molar-refractivity contribution >= 4 is 11.3 Å². The van der Waals surface area contributed by atoms with Gasteiger partial charge >= 0.3 is 0 Å². The first kappa shape index (κ1) is 11.3. The van der Waals surface area contributed by atoms with Crippen molar-refractivity contribution in [2.45, 2.75) is 19.1 Å². The molecular formula is C10H14N4OS. The maximum atomic E-state index is 9.44. The van der Waals surface area contributed by atoms with E-state index in [4.69, 9.17) is 5.73 Å². The maximum absolute atomic E-state index is 9.44. The third-order valence-electron chi connectivity index (χ3n) is 2.36. The Labute approximate surface area is 97.5 Å². The van der Waals surface area contributed by atoms with Gasteiger partial charge in [-0.1, -0.05) is 6.07 Å². The summed E-state index contributed by atoms with van der Waals surface area (Å²) in [5.41, 5.74) is 5.84. The molecule has 2 aromatic rings. The number of aliphatic hydroxyl groups is 1. The van der Waals surface area contributed by atoms with Crippen LogP contribution in [-0.4, -0.2) is 26.0 Å². The Morgan fingerprint density at radius 2 is 2.31 bits per heavy atom. The van der Waals surface area contributed by atoms with E-state index in [1.54, 1.807) is 30.0 Å². The number of aryl methyl sites for hydroxylation is 1. The van der Waals surface area contributed by atoms with Gasteiger partial charge in [0.1, 0.15) is 5.82 Å². The number of nitrogens with zero attached hydrogens (tertiary/aromatic N) is 3. The SMILES string of the molecule is CC(O)C(N)c1nc(-c2cccs2)nn1C. The molecule has 0 aliphatic carbocycles. The monoisotopic (exact) mass is 238 g/mol. The molecule has 0 saturated heterocycles. The summed E-state index contributed by atoms with van der Waals surface area (Å²) in [7, 11) is 1.78. The number of aliphatic hydroxyl groups excluding tert-OH is 1.